The van der Waals surface area contributed by atoms with Crippen LogP contribution in [-0.2, 0) is 11.3 Å². The fraction of sp³-hybridized carbons (Fsp3) is 0.474. The van der Waals surface area contributed by atoms with Gasteiger partial charge in [-0.2, -0.15) is 0 Å². The number of amides is 1. The molecule has 128 valence electrons. The van der Waals surface area contributed by atoms with E-state index in [0.29, 0.717) is 5.92 Å². The molecule has 0 unspecified atom stereocenters. The summed E-state index contributed by atoms with van der Waals surface area (Å²) in [6.45, 7) is 10.4. The predicted octanol–water partition coefficient (Wildman–Crippen LogP) is 3.60. The summed E-state index contributed by atoms with van der Waals surface area (Å²) < 4.78 is 0. The van der Waals surface area contributed by atoms with E-state index in [1.54, 1.807) is 18.3 Å². The van der Waals surface area contributed by atoms with E-state index in [0.717, 1.165) is 43.4 Å². The molecule has 0 spiro atoms. The standard InChI is InChI=1S/C19H25N3OS/c1-14(2)16-4-6-17(7-5-16)19-20-18(13-24-19)12-21-8-10-22(11-9-21)15(3)23/h4-7,13-14H,8-12H2,1-3H3. The minimum Gasteiger partial charge on any atom is -0.340 e. The third kappa shape index (κ3) is 4.02. The fourth-order valence-corrected chi connectivity index (χ4v) is 3.79. The van der Waals surface area contributed by atoms with Crippen LogP contribution >= 0.6 is 11.3 Å². The number of thiazole rings is 1. The molecule has 0 radical (unpaired) electrons. The second-order valence-corrected chi connectivity index (χ2v) is 7.56. The van der Waals surface area contributed by atoms with Gasteiger partial charge in [0.15, 0.2) is 0 Å². The maximum Gasteiger partial charge on any atom is 0.219 e. The topological polar surface area (TPSA) is 36.4 Å². The highest BCUT2D eigenvalue weighted by atomic mass is 32.1. The zero-order valence-electron chi connectivity index (χ0n) is 14.7. The molecular weight excluding hydrogens is 318 g/mol. The zero-order valence-corrected chi connectivity index (χ0v) is 15.5. The molecule has 1 saturated heterocycles. The first kappa shape index (κ1) is 17.1. The van der Waals surface area contributed by atoms with Gasteiger partial charge in [0.2, 0.25) is 5.91 Å². The van der Waals surface area contributed by atoms with E-state index < -0.39 is 0 Å². The Morgan fingerprint density at radius 1 is 1.17 bits per heavy atom. The summed E-state index contributed by atoms with van der Waals surface area (Å²) in [6.07, 6.45) is 0. The van der Waals surface area contributed by atoms with E-state index >= 15 is 0 Å². The first-order valence-electron chi connectivity index (χ1n) is 8.55. The summed E-state index contributed by atoms with van der Waals surface area (Å²) in [5, 5.41) is 3.24. The van der Waals surface area contributed by atoms with Crippen molar-refractivity contribution >= 4 is 17.2 Å². The monoisotopic (exact) mass is 343 g/mol. The number of hydrogen-bond donors (Lipinski definition) is 0. The Bertz CT molecular complexity index is 685. The number of carbonyl (C=O) groups is 1. The van der Waals surface area contributed by atoms with Crippen molar-refractivity contribution in [3.8, 4) is 10.6 Å². The zero-order chi connectivity index (χ0) is 17.1. The molecule has 0 bridgehead atoms. The average molecular weight is 343 g/mol. The molecule has 0 aliphatic carbocycles. The maximum absolute atomic E-state index is 11.4. The number of hydrogen-bond acceptors (Lipinski definition) is 4. The Labute approximate surface area is 148 Å². The number of piperazine rings is 1. The Hall–Kier alpha value is -1.72. The molecule has 1 aliphatic rings. The van der Waals surface area contributed by atoms with Crippen molar-refractivity contribution in [1.82, 2.24) is 14.8 Å². The van der Waals surface area contributed by atoms with Crippen LogP contribution < -0.4 is 0 Å². The van der Waals surface area contributed by atoms with E-state index in [1.165, 1.54) is 11.1 Å². The number of benzene rings is 1. The molecule has 3 rings (SSSR count). The van der Waals surface area contributed by atoms with E-state index in [1.807, 2.05) is 4.90 Å². The molecule has 1 aliphatic heterocycles. The number of nitrogens with zero attached hydrogens (tertiary/aromatic N) is 3. The van der Waals surface area contributed by atoms with Gasteiger partial charge in [-0.1, -0.05) is 38.1 Å². The normalized spacial score (nSPS) is 15.9. The molecule has 24 heavy (non-hydrogen) atoms. The average Bonchev–Trinajstić information content (AvgIpc) is 3.04. The summed E-state index contributed by atoms with van der Waals surface area (Å²) in [5.41, 5.74) is 3.68. The minimum absolute atomic E-state index is 0.176. The summed E-state index contributed by atoms with van der Waals surface area (Å²) in [4.78, 5) is 20.5. The number of rotatable bonds is 4. The summed E-state index contributed by atoms with van der Waals surface area (Å²) >= 11 is 1.71. The molecule has 0 saturated carbocycles. The van der Waals surface area contributed by atoms with Crippen LogP contribution in [0, 0.1) is 0 Å². The highest BCUT2D eigenvalue weighted by molar-refractivity contribution is 7.13. The SMILES string of the molecule is CC(=O)N1CCN(Cc2csc(-c3ccc(C(C)C)cc3)n2)CC1. The molecule has 0 atom stereocenters. The molecule has 1 aromatic heterocycles. The van der Waals surface area contributed by atoms with Gasteiger partial charge in [0.1, 0.15) is 5.01 Å². The van der Waals surface area contributed by atoms with Crippen LogP contribution in [0.15, 0.2) is 29.6 Å². The molecular formula is C19H25N3OS. The van der Waals surface area contributed by atoms with Gasteiger partial charge in [0, 0.05) is 50.6 Å². The second kappa shape index (κ2) is 7.45. The molecule has 2 aromatic rings. The Kier molecular flexibility index (Phi) is 5.31. The maximum atomic E-state index is 11.4. The lowest BCUT2D eigenvalue weighted by Crippen LogP contribution is -2.47. The Morgan fingerprint density at radius 3 is 2.42 bits per heavy atom. The quantitative estimate of drug-likeness (QED) is 0.851. The lowest BCUT2D eigenvalue weighted by Gasteiger charge is -2.33. The summed E-state index contributed by atoms with van der Waals surface area (Å²) in [5.74, 6) is 0.731. The third-order valence-corrected chi connectivity index (χ3v) is 5.52. The molecule has 2 heterocycles. The van der Waals surface area contributed by atoms with Gasteiger partial charge in [-0.25, -0.2) is 4.98 Å². The number of aromatic nitrogens is 1. The molecule has 1 fully saturated rings. The highest BCUT2D eigenvalue weighted by Gasteiger charge is 2.19. The van der Waals surface area contributed by atoms with Crippen LogP contribution in [0.1, 0.15) is 37.9 Å². The van der Waals surface area contributed by atoms with E-state index in [2.05, 4.69) is 48.4 Å². The minimum atomic E-state index is 0.176. The predicted molar refractivity (Wildman–Crippen MR) is 99.2 cm³/mol. The molecule has 4 nitrogen and oxygen atoms in total. The van der Waals surface area contributed by atoms with Crippen LogP contribution in [0.4, 0.5) is 0 Å². The van der Waals surface area contributed by atoms with E-state index in [9.17, 15) is 4.79 Å². The van der Waals surface area contributed by atoms with E-state index in [-0.39, 0.29) is 5.91 Å². The summed E-state index contributed by atoms with van der Waals surface area (Å²) in [7, 11) is 0. The lowest BCUT2D eigenvalue weighted by molar-refractivity contribution is -0.130. The molecule has 0 N–H and O–H groups in total. The molecule has 1 amide bonds. The van der Waals surface area contributed by atoms with Crippen LogP contribution in [0.5, 0.6) is 0 Å². The number of carbonyl (C=O) groups excluding carboxylic acids is 1. The van der Waals surface area contributed by atoms with Crippen molar-refractivity contribution in [2.45, 2.75) is 33.2 Å². The van der Waals surface area contributed by atoms with Crippen molar-refractivity contribution in [3.63, 3.8) is 0 Å². The van der Waals surface area contributed by atoms with Gasteiger partial charge in [0.05, 0.1) is 5.69 Å². The van der Waals surface area contributed by atoms with Gasteiger partial charge in [0.25, 0.3) is 0 Å². The van der Waals surface area contributed by atoms with Crippen LogP contribution in [0.25, 0.3) is 10.6 Å². The van der Waals surface area contributed by atoms with Crippen molar-refractivity contribution in [2.24, 2.45) is 0 Å². The molecule has 1 aromatic carbocycles. The second-order valence-electron chi connectivity index (χ2n) is 6.70. The van der Waals surface area contributed by atoms with E-state index in [4.69, 9.17) is 4.98 Å². The first-order valence-corrected chi connectivity index (χ1v) is 9.43. The van der Waals surface area contributed by atoms with Gasteiger partial charge < -0.3 is 4.90 Å². The Morgan fingerprint density at radius 2 is 1.83 bits per heavy atom. The van der Waals surface area contributed by atoms with Crippen molar-refractivity contribution in [1.29, 1.82) is 0 Å². The Balaban J connectivity index is 1.61. The van der Waals surface area contributed by atoms with Gasteiger partial charge in [-0.15, -0.1) is 11.3 Å². The van der Waals surface area contributed by atoms with Crippen molar-refractivity contribution in [2.75, 3.05) is 26.2 Å². The summed E-state index contributed by atoms with van der Waals surface area (Å²) in [6, 6.07) is 8.73. The van der Waals surface area contributed by atoms with Crippen molar-refractivity contribution in [3.05, 3.63) is 40.9 Å². The fourth-order valence-electron chi connectivity index (χ4n) is 2.97. The largest absolute Gasteiger partial charge is 0.340 e. The third-order valence-electron chi connectivity index (χ3n) is 4.58. The van der Waals surface area contributed by atoms with Gasteiger partial charge in [-0.05, 0) is 11.5 Å². The van der Waals surface area contributed by atoms with Gasteiger partial charge in [-0.3, -0.25) is 9.69 Å². The van der Waals surface area contributed by atoms with Crippen molar-refractivity contribution < 1.29 is 4.79 Å². The first-order chi connectivity index (χ1) is 11.5. The molecule has 5 heteroatoms. The van der Waals surface area contributed by atoms with Gasteiger partial charge >= 0.3 is 0 Å². The van der Waals surface area contributed by atoms with Crippen LogP contribution in [0.3, 0.4) is 0 Å². The lowest BCUT2D eigenvalue weighted by atomic mass is 10.0. The highest BCUT2D eigenvalue weighted by Crippen LogP contribution is 2.26. The van der Waals surface area contributed by atoms with Crippen LogP contribution in [-0.4, -0.2) is 46.9 Å². The smallest absolute Gasteiger partial charge is 0.219 e. The van der Waals surface area contributed by atoms with Crippen LogP contribution in [0.2, 0.25) is 0 Å².